The minimum absolute atomic E-state index is 0.00119. The molecule has 3 aromatic carbocycles. The molecular formula is C24H22FNO2. The Labute approximate surface area is 164 Å². The van der Waals surface area contributed by atoms with Crippen LogP contribution in [0.1, 0.15) is 29.0 Å². The van der Waals surface area contributed by atoms with Crippen molar-refractivity contribution in [1.29, 1.82) is 0 Å². The van der Waals surface area contributed by atoms with Crippen LogP contribution < -0.4 is 10.1 Å². The molecule has 0 aliphatic heterocycles. The van der Waals surface area contributed by atoms with Gasteiger partial charge in [-0.3, -0.25) is 4.79 Å². The maximum atomic E-state index is 13.8. The predicted octanol–water partition coefficient (Wildman–Crippen LogP) is 4.82. The third-order valence-electron chi connectivity index (χ3n) is 5.07. The van der Waals surface area contributed by atoms with Crippen molar-refractivity contribution in [2.24, 2.45) is 5.92 Å². The average Bonchev–Trinajstić information content (AvgIpc) is 3.53. The first-order valence-electron chi connectivity index (χ1n) is 9.48. The molecule has 1 aliphatic carbocycles. The highest BCUT2D eigenvalue weighted by Crippen LogP contribution is 2.48. The fourth-order valence-corrected chi connectivity index (χ4v) is 3.36. The Morgan fingerprint density at radius 3 is 2.36 bits per heavy atom. The summed E-state index contributed by atoms with van der Waals surface area (Å²) in [5, 5.41) is 2.96. The van der Waals surface area contributed by atoms with E-state index in [2.05, 4.69) is 5.32 Å². The number of carbonyl (C=O) groups is 1. The molecule has 3 nitrogen and oxygen atoms in total. The predicted molar refractivity (Wildman–Crippen MR) is 106 cm³/mol. The second-order valence-electron chi connectivity index (χ2n) is 7.11. The lowest BCUT2D eigenvalue weighted by Gasteiger charge is -2.08. The number of para-hydroxylation sites is 1. The van der Waals surface area contributed by atoms with Crippen molar-refractivity contribution in [3.63, 3.8) is 0 Å². The molecular weight excluding hydrogens is 353 g/mol. The molecule has 28 heavy (non-hydrogen) atoms. The lowest BCUT2D eigenvalue weighted by Crippen LogP contribution is -2.24. The smallest absolute Gasteiger partial charge is 0.224 e. The first-order valence-corrected chi connectivity index (χ1v) is 9.48. The standard InChI is InChI=1S/C24H22FNO2/c25-23-9-5-4-8-20(23)21-14-22(21)24(27)26-15-17-10-12-18(13-11-17)16-28-19-6-2-1-3-7-19/h1-13,21-22H,14-16H2,(H,26,27). The quantitative estimate of drug-likeness (QED) is 0.643. The van der Waals surface area contributed by atoms with Gasteiger partial charge in [-0.15, -0.1) is 0 Å². The lowest BCUT2D eigenvalue weighted by molar-refractivity contribution is -0.122. The van der Waals surface area contributed by atoms with Gasteiger partial charge in [0, 0.05) is 12.5 Å². The van der Waals surface area contributed by atoms with Gasteiger partial charge in [0.25, 0.3) is 0 Å². The maximum Gasteiger partial charge on any atom is 0.224 e. The number of carbonyl (C=O) groups excluding carboxylic acids is 1. The van der Waals surface area contributed by atoms with Crippen LogP contribution >= 0.6 is 0 Å². The Kier molecular flexibility index (Phi) is 5.38. The molecule has 0 heterocycles. The van der Waals surface area contributed by atoms with Crippen LogP contribution in [0.2, 0.25) is 0 Å². The lowest BCUT2D eigenvalue weighted by atomic mass is 10.1. The van der Waals surface area contributed by atoms with Crippen LogP contribution in [0.4, 0.5) is 4.39 Å². The molecule has 1 saturated carbocycles. The summed E-state index contributed by atoms with van der Waals surface area (Å²) in [6.07, 6.45) is 0.711. The second-order valence-corrected chi connectivity index (χ2v) is 7.11. The van der Waals surface area contributed by atoms with Crippen LogP contribution in [0.5, 0.6) is 5.75 Å². The summed E-state index contributed by atoms with van der Waals surface area (Å²) in [5.41, 5.74) is 2.74. The zero-order valence-electron chi connectivity index (χ0n) is 15.5. The number of amides is 1. The highest BCUT2D eigenvalue weighted by Gasteiger charge is 2.44. The third-order valence-corrected chi connectivity index (χ3v) is 5.07. The van der Waals surface area contributed by atoms with E-state index in [4.69, 9.17) is 4.74 Å². The second kappa shape index (κ2) is 8.26. The summed E-state index contributed by atoms with van der Waals surface area (Å²) in [6, 6.07) is 24.4. The molecule has 1 amide bonds. The minimum atomic E-state index is -0.226. The van der Waals surface area contributed by atoms with Crippen molar-refractivity contribution in [3.05, 3.63) is 101 Å². The highest BCUT2D eigenvalue weighted by atomic mass is 19.1. The summed E-state index contributed by atoms with van der Waals surface area (Å²) in [7, 11) is 0. The molecule has 2 unspecified atom stereocenters. The van der Waals surface area contributed by atoms with E-state index < -0.39 is 0 Å². The van der Waals surface area contributed by atoms with Gasteiger partial charge in [0.05, 0.1) is 0 Å². The summed E-state index contributed by atoms with van der Waals surface area (Å²) in [5.74, 6) is 0.475. The molecule has 1 fully saturated rings. The summed E-state index contributed by atoms with van der Waals surface area (Å²) in [4.78, 5) is 12.3. The van der Waals surface area contributed by atoms with Crippen molar-refractivity contribution in [1.82, 2.24) is 5.32 Å². The molecule has 142 valence electrons. The number of ether oxygens (including phenoxy) is 1. The molecule has 4 rings (SSSR count). The van der Waals surface area contributed by atoms with Gasteiger partial charge in [-0.05, 0) is 47.2 Å². The minimum Gasteiger partial charge on any atom is -0.489 e. The first kappa shape index (κ1) is 18.2. The van der Waals surface area contributed by atoms with Gasteiger partial charge in [-0.2, -0.15) is 0 Å². The van der Waals surface area contributed by atoms with E-state index >= 15 is 0 Å². The van der Waals surface area contributed by atoms with Crippen molar-refractivity contribution in [3.8, 4) is 5.75 Å². The van der Waals surface area contributed by atoms with Gasteiger partial charge >= 0.3 is 0 Å². The number of hydrogen-bond acceptors (Lipinski definition) is 2. The van der Waals surface area contributed by atoms with E-state index in [-0.39, 0.29) is 23.6 Å². The van der Waals surface area contributed by atoms with E-state index in [1.54, 1.807) is 12.1 Å². The van der Waals surface area contributed by atoms with Crippen molar-refractivity contribution in [2.45, 2.75) is 25.5 Å². The molecule has 0 saturated heterocycles. The van der Waals surface area contributed by atoms with Gasteiger partial charge in [-0.1, -0.05) is 60.7 Å². The Bertz CT molecular complexity index is 940. The monoisotopic (exact) mass is 375 g/mol. The van der Waals surface area contributed by atoms with Crippen molar-refractivity contribution in [2.75, 3.05) is 0 Å². The molecule has 1 aliphatic rings. The molecule has 1 N–H and O–H groups in total. The van der Waals surface area contributed by atoms with Crippen LogP contribution in [0.25, 0.3) is 0 Å². The normalized spacial score (nSPS) is 17.8. The van der Waals surface area contributed by atoms with Gasteiger partial charge in [0.1, 0.15) is 18.2 Å². The van der Waals surface area contributed by atoms with E-state index in [1.807, 2.05) is 60.7 Å². The highest BCUT2D eigenvalue weighted by molar-refractivity contribution is 5.82. The van der Waals surface area contributed by atoms with Crippen LogP contribution in [0, 0.1) is 11.7 Å². The number of nitrogens with one attached hydrogen (secondary N) is 1. The van der Waals surface area contributed by atoms with E-state index in [0.717, 1.165) is 16.9 Å². The summed E-state index contributed by atoms with van der Waals surface area (Å²) in [6.45, 7) is 0.974. The Morgan fingerprint density at radius 2 is 1.61 bits per heavy atom. The summed E-state index contributed by atoms with van der Waals surface area (Å²) < 4.78 is 19.6. The first-order chi connectivity index (χ1) is 13.7. The number of rotatable bonds is 7. The van der Waals surface area contributed by atoms with E-state index in [1.165, 1.54) is 6.07 Å². The molecule has 0 aromatic heterocycles. The zero-order valence-corrected chi connectivity index (χ0v) is 15.5. The van der Waals surface area contributed by atoms with Gasteiger partial charge in [0.2, 0.25) is 5.91 Å². The Balaban J connectivity index is 1.25. The van der Waals surface area contributed by atoms with Crippen LogP contribution in [-0.2, 0) is 17.9 Å². The fraction of sp³-hybridized carbons (Fsp3) is 0.208. The van der Waals surface area contributed by atoms with Crippen LogP contribution in [-0.4, -0.2) is 5.91 Å². The molecule has 2 atom stereocenters. The topological polar surface area (TPSA) is 38.3 Å². The number of hydrogen-bond donors (Lipinski definition) is 1. The summed E-state index contributed by atoms with van der Waals surface area (Å²) >= 11 is 0. The number of benzene rings is 3. The molecule has 0 radical (unpaired) electrons. The average molecular weight is 375 g/mol. The Hall–Kier alpha value is -3.14. The molecule has 4 heteroatoms. The molecule has 3 aromatic rings. The van der Waals surface area contributed by atoms with Gasteiger partial charge < -0.3 is 10.1 Å². The van der Waals surface area contributed by atoms with E-state index in [9.17, 15) is 9.18 Å². The molecule has 0 bridgehead atoms. The largest absolute Gasteiger partial charge is 0.489 e. The van der Waals surface area contributed by atoms with Crippen molar-refractivity contribution >= 4 is 5.91 Å². The molecule has 0 spiro atoms. The van der Waals surface area contributed by atoms with Crippen LogP contribution in [0.3, 0.4) is 0 Å². The van der Waals surface area contributed by atoms with Gasteiger partial charge in [-0.25, -0.2) is 4.39 Å². The Morgan fingerprint density at radius 1 is 0.929 bits per heavy atom. The van der Waals surface area contributed by atoms with Crippen molar-refractivity contribution < 1.29 is 13.9 Å². The van der Waals surface area contributed by atoms with E-state index in [0.29, 0.717) is 25.1 Å². The van der Waals surface area contributed by atoms with Crippen LogP contribution in [0.15, 0.2) is 78.9 Å². The number of halogens is 1. The maximum absolute atomic E-state index is 13.8. The third kappa shape index (κ3) is 4.39. The zero-order chi connectivity index (χ0) is 19.3. The SMILES string of the molecule is O=C(NCc1ccc(COc2ccccc2)cc1)C1CC1c1ccccc1F. The van der Waals surface area contributed by atoms with Gasteiger partial charge in [0.15, 0.2) is 0 Å². The fourth-order valence-electron chi connectivity index (χ4n) is 3.36.